The number of amides is 2. The van der Waals surface area contributed by atoms with Gasteiger partial charge >= 0.3 is 0 Å². The van der Waals surface area contributed by atoms with E-state index < -0.39 is 17.4 Å². The van der Waals surface area contributed by atoms with Gasteiger partial charge in [-0.25, -0.2) is 4.39 Å². The van der Waals surface area contributed by atoms with Gasteiger partial charge in [-0.3, -0.25) is 9.59 Å². The lowest BCUT2D eigenvalue weighted by Crippen LogP contribution is -2.54. The molecule has 0 aromatic heterocycles. The topological polar surface area (TPSA) is 49.4 Å². The van der Waals surface area contributed by atoms with Gasteiger partial charge in [0.25, 0.3) is 0 Å². The molecule has 0 fully saturated rings. The number of rotatable bonds is 10. The maximum atomic E-state index is 14.2. The van der Waals surface area contributed by atoms with Crippen LogP contribution in [0.25, 0.3) is 0 Å². The molecule has 0 aliphatic heterocycles. The number of carbonyl (C=O) groups is 2. The maximum absolute atomic E-state index is 14.2. The first kappa shape index (κ1) is 29.2. The van der Waals surface area contributed by atoms with E-state index >= 15 is 0 Å². The van der Waals surface area contributed by atoms with Crippen molar-refractivity contribution in [3.05, 3.63) is 105 Å². The zero-order valence-electron chi connectivity index (χ0n) is 21.1. The third kappa shape index (κ3) is 9.16. The average Bonchev–Trinajstić information content (AvgIpc) is 2.83. The van der Waals surface area contributed by atoms with E-state index in [2.05, 4.69) is 21.2 Å². The monoisotopic (exact) mass is 604 g/mol. The molecule has 196 valence electrons. The summed E-state index contributed by atoms with van der Waals surface area (Å²) in [5, 5.41) is 3.38. The second kappa shape index (κ2) is 13.4. The zero-order chi connectivity index (χ0) is 27.0. The van der Waals surface area contributed by atoms with E-state index in [4.69, 9.17) is 11.6 Å². The van der Waals surface area contributed by atoms with Crippen molar-refractivity contribution in [3.63, 3.8) is 0 Å². The number of benzene rings is 3. The fourth-order valence-electron chi connectivity index (χ4n) is 3.79. The van der Waals surface area contributed by atoms with E-state index in [-0.39, 0.29) is 29.9 Å². The third-order valence-electron chi connectivity index (χ3n) is 5.57. The number of halogens is 3. The fraction of sp³-hybridized carbons (Fsp3) is 0.310. The summed E-state index contributed by atoms with van der Waals surface area (Å²) in [6.45, 7) is 6.01. The van der Waals surface area contributed by atoms with Gasteiger partial charge in [-0.2, -0.15) is 0 Å². The Bertz CT molecular complexity index is 1180. The minimum atomic E-state index is -0.726. The van der Waals surface area contributed by atoms with Gasteiger partial charge in [-0.1, -0.05) is 76.1 Å². The molecule has 2 amide bonds. The first-order valence-corrected chi connectivity index (χ1v) is 14.3. The van der Waals surface area contributed by atoms with Crippen LogP contribution in [0.3, 0.4) is 0 Å². The van der Waals surface area contributed by atoms with Crippen molar-refractivity contribution in [1.82, 2.24) is 10.2 Å². The average molecular weight is 606 g/mol. The summed E-state index contributed by atoms with van der Waals surface area (Å²) >= 11 is 10.9. The maximum Gasteiger partial charge on any atom is 0.243 e. The normalized spacial score (nSPS) is 12.2. The van der Waals surface area contributed by atoms with Crippen molar-refractivity contribution in [1.29, 1.82) is 0 Å². The van der Waals surface area contributed by atoms with Crippen LogP contribution in [-0.4, -0.2) is 34.0 Å². The van der Waals surface area contributed by atoms with Gasteiger partial charge in [0.1, 0.15) is 11.9 Å². The first-order valence-electron chi connectivity index (χ1n) is 11.9. The Labute approximate surface area is 236 Å². The van der Waals surface area contributed by atoms with Crippen molar-refractivity contribution >= 4 is 51.1 Å². The Morgan fingerprint density at radius 3 is 2.30 bits per heavy atom. The van der Waals surface area contributed by atoms with Gasteiger partial charge in [-0.15, -0.1) is 11.8 Å². The quantitative estimate of drug-likeness (QED) is 0.270. The Morgan fingerprint density at radius 1 is 1.00 bits per heavy atom. The number of nitrogens with zero attached hydrogens (tertiary/aromatic N) is 1. The molecule has 37 heavy (non-hydrogen) atoms. The summed E-state index contributed by atoms with van der Waals surface area (Å²) in [5.74, 6) is -0.490. The minimum absolute atomic E-state index is 0.0786. The zero-order valence-corrected chi connectivity index (χ0v) is 24.3. The molecule has 0 bridgehead atoms. The predicted octanol–water partition coefficient (Wildman–Crippen LogP) is 7.03. The molecule has 0 radical (unpaired) electrons. The largest absolute Gasteiger partial charge is 0.350 e. The minimum Gasteiger partial charge on any atom is -0.350 e. The Hall–Kier alpha value is -2.35. The van der Waals surface area contributed by atoms with E-state index in [0.29, 0.717) is 17.0 Å². The number of carbonyl (C=O) groups excluding carboxylic acids is 2. The Kier molecular flexibility index (Phi) is 10.6. The number of nitrogens with one attached hydrogen (secondary N) is 1. The van der Waals surface area contributed by atoms with Gasteiger partial charge in [0, 0.05) is 39.3 Å². The predicted molar refractivity (Wildman–Crippen MR) is 154 cm³/mol. The lowest BCUT2D eigenvalue weighted by atomic mass is 10.0. The van der Waals surface area contributed by atoms with E-state index in [1.54, 1.807) is 17.0 Å². The standard InChI is InChI=1S/C29H31BrClFN2O2S/c1-29(2,3)33-28(36)26(16-20-8-5-4-6-9-20)34(17-21-12-14-22(30)15-13-21)27(35)19-37-18-23-24(31)10-7-11-25(23)32/h4-15,26H,16-19H2,1-3H3,(H,33,36)/t26-/m1/s1. The summed E-state index contributed by atoms with van der Waals surface area (Å²) in [4.78, 5) is 28.8. The van der Waals surface area contributed by atoms with Crippen LogP contribution in [0.1, 0.15) is 37.5 Å². The van der Waals surface area contributed by atoms with Gasteiger partial charge < -0.3 is 10.2 Å². The molecule has 8 heteroatoms. The molecule has 3 rings (SSSR count). The number of thioether (sulfide) groups is 1. The van der Waals surface area contributed by atoms with E-state index in [9.17, 15) is 14.0 Å². The Morgan fingerprint density at radius 2 is 1.68 bits per heavy atom. The van der Waals surface area contributed by atoms with Crippen LogP contribution >= 0.6 is 39.3 Å². The molecule has 0 aliphatic rings. The van der Waals surface area contributed by atoms with Gasteiger partial charge in [0.15, 0.2) is 0 Å². The third-order valence-corrected chi connectivity index (χ3v) is 7.40. The van der Waals surface area contributed by atoms with Crippen molar-refractivity contribution in [3.8, 4) is 0 Å². The molecule has 0 aliphatic carbocycles. The molecule has 0 spiro atoms. The highest BCUT2D eigenvalue weighted by molar-refractivity contribution is 9.10. The number of hydrogen-bond donors (Lipinski definition) is 1. The summed E-state index contributed by atoms with van der Waals surface area (Å²) < 4.78 is 15.2. The van der Waals surface area contributed by atoms with Crippen molar-refractivity contribution in [2.75, 3.05) is 5.75 Å². The van der Waals surface area contributed by atoms with Crippen LogP contribution in [0.2, 0.25) is 5.02 Å². The second-order valence-corrected chi connectivity index (χ2v) is 12.1. The molecule has 1 atom stereocenters. The molecule has 3 aromatic rings. The van der Waals surface area contributed by atoms with Crippen LogP contribution in [-0.2, 0) is 28.3 Å². The van der Waals surface area contributed by atoms with Crippen molar-refractivity contribution < 1.29 is 14.0 Å². The van der Waals surface area contributed by atoms with Gasteiger partial charge in [0.2, 0.25) is 11.8 Å². The van der Waals surface area contributed by atoms with Crippen molar-refractivity contribution in [2.45, 2.75) is 51.1 Å². The van der Waals surface area contributed by atoms with Crippen LogP contribution in [0.15, 0.2) is 77.3 Å². The summed E-state index contributed by atoms with van der Waals surface area (Å²) in [7, 11) is 0. The van der Waals surface area contributed by atoms with E-state index in [1.807, 2.05) is 75.4 Å². The Balaban J connectivity index is 1.88. The molecule has 3 aromatic carbocycles. The molecule has 4 nitrogen and oxygen atoms in total. The van der Waals surface area contributed by atoms with Crippen LogP contribution in [0.4, 0.5) is 4.39 Å². The highest BCUT2D eigenvalue weighted by Gasteiger charge is 2.32. The lowest BCUT2D eigenvalue weighted by molar-refractivity contribution is -0.140. The molecule has 0 heterocycles. The smallest absolute Gasteiger partial charge is 0.243 e. The first-order chi connectivity index (χ1) is 17.5. The van der Waals surface area contributed by atoms with Crippen LogP contribution in [0.5, 0.6) is 0 Å². The van der Waals surface area contributed by atoms with Gasteiger partial charge in [-0.05, 0) is 56.2 Å². The molecular weight excluding hydrogens is 575 g/mol. The molecule has 0 saturated heterocycles. The molecule has 0 unspecified atom stereocenters. The summed E-state index contributed by atoms with van der Waals surface area (Å²) in [6.07, 6.45) is 0.370. The summed E-state index contributed by atoms with van der Waals surface area (Å²) in [5.41, 5.74) is 1.76. The summed E-state index contributed by atoms with van der Waals surface area (Å²) in [6, 6.07) is 21.2. The SMILES string of the molecule is CC(C)(C)NC(=O)[C@@H](Cc1ccccc1)N(Cc1ccc(Br)cc1)C(=O)CSCc1c(F)cccc1Cl. The lowest BCUT2D eigenvalue weighted by Gasteiger charge is -2.34. The molecular formula is C29H31BrClFN2O2S. The van der Waals surface area contributed by atoms with Crippen LogP contribution < -0.4 is 5.32 Å². The molecule has 1 N–H and O–H groups in total. The van der Waals surface area contributed by atoms with Crippen LogP contribution in [0, 0.1) is 5.82 Å². The van der Waals surface area contributed by atoms with Gasteiger partial charge in [0.05, 0.1) is 5.75 Å². The van der Waals surface area contributed by atoms with E-state index in [0.717, 1.165) is 15.6 Å². The highest BCUT2D eigenvalue weighted by atomic mass is 79.9. The van der Waals surface area contributed by atoms with E-state index in [1.165, 1.54) is 17.8 Å². The molecule has 0 saturated carbocycles. The second-order valence-electron chi connectivity index (χ2n) is 9.79. The highest BCUT2D eigenvalue weighted by Crippen LogP contribution is 2.25. The number of hydrogen-bond acceptors (Lipinski definition) is 3. The fourth-order valence-corrected chi connectivity index (χ4v) is 5.30. The van der Waals surface area contributed by atoms with Crippen molar-refractivity contribution in [2.24, 2.45) is 0 Å².